The number of nitrogens with one attached hydrogen (secondary N) is 1. The van der Waals surface area contributed by atoms with E-state index in [9.17, 15) is 5.11 Å². The summed E-state index contributed by atoms with van der Waals surface area (Å²) in [6, 6.07) is 1.91. The van der Waals surface area contributed by atoms with Gasteiger partial charge in [-0.05, 0) is 24.5 Å². The van der Waals surface area contributed by atoms with Crippen LogP contribution in [0.25, 0.3) is 0 Å². The molecular weight excluding hydrogens is 224 g/mol. The molecule has 1 fully saturated rings. The average Bonchev–Trinajstić information content (AvgIpc) is 2.78. The summed E-state index contributed by atoms with van der Waals surface area (Å²) in [6.45, 7) is 0.900. The maximum Gasteiger partial charge on any atom is 0.0634 e. The van der Waals surface area contributed by atoms with Crippen molar-refractivity contribution in [3.05, 3.63) is 29.0 Å². The molecule has 0 aliphatic heterocycles. The number of hydrogen-bond acceptors (Lipinski definition) is 3. The highest BCUT2D eigenvalue weighted by molar-refractivity contribution is 6.31. The Morgan fingerprint density at radius 2 is 2.19 bits per heavy atom. The van der Waals surface area contributed by atoms with E-state index in [2.05, 4.69) is 10.3 Å². The molecule has 4 heteroatoms. The van der Waals surface area contributed by atoms with Gasteiger partial charge in [-0.25, -0.2) is 0 Å². The van der Waals surface area contributed by atoms with Crippen molar-refractivity contribution >= 4 is 11.6 Å². The van der Waals surface area contributed by atoms with Crippen LogP contribution in [-0.4, -0.2) is 22.2 Å². The SMILES string of the molecule is OCC1(NCc2ccncc2Cl)CCCC1. The highest BCUT2D eigenvalue weighted by Gasteiger charge is 2.32. The highest BCUT2D eigenvalue weighted by atomic mass is 35.5. The number of nitrogens with zero attached hydrogens (tertiary/aromatic N) is 1. The van der Waals surface area contributed by atoms with Crippen LogP contribution in [0.4, 0.5) is 0 Å². The normalized spacial score (nSPS) is 18.9. The predicted molar refractivity (Wildman–Crippen MR) is 64.4 cm³/mol. The van der Waals surface area contributed by atoms with Crippen LogP contribution in [0.5, 0.6) is 0 Å². The first-order valence-corrected chi connectivity index (χ1v) is 6.08. The van der Waals surface area contributed by atoms with Crippen LogP contribution in [0, 0.1) is 0 Å². The summed E-state index contributed by atoms with van der Waals surface area (Å²) < 4.78 is 0. The third-order valence-electron chi connectivity index (χ3n) is 3.37. The molecule has 1 aromatic rings. The van der Waals surface area contributed by atoms with Crippen LogP contribution in [0.15, 0.2) is 18.5 Å². The largest absolute Gasteiger partial charge is 0.394 e. The molecule has 0 bridgehead atoms. The van der Waals surface area contributed by atoms with Crippen molar-refractivity contribution in [2.24, 2.45) is 0 Å². The van der Waals surface area contributed by atoms with Crippen molar-refractivity contribution in [3.8, 4) is 0 Å². The Hall–Kier alpha value is -0.640. The van der Waals surface area contributed by atoms with E-state index in [4.69, 9.17) is 11.6 Å². The lowest BCUT2D eigenvalue weighted by Crippen LogP contribution is -2.45. The summed E-state index contributed by atoms with van der Waals surface area (Å²) in [5, 5.41) is 13.6. The molecule has 1 aliphatic rings. The van der Waals surface area contributed by atoms with E-state index in [0.717, 1.165) is 18.4 Å². The zero-order valence-electron chi connectivity index (χ0n) is 9.25. The third kappa shape index (κ3) is 2.54. The summed E-state index contributed by atoms with van der Waals surface area (Å²) in [5.41, 5.74) is 0.948. The molecule has 0 saturated heterocycles. The van der Waals surface area contributed by atoms with Crippen LogP contribution in [0.2, 0.25) is 5.02 Å². The first-order valence-electron chi connectivity index (χ1n) is 5.70. The molecule has 0 amide bonds. The second-order valence-corrected chi connectivity index (χ2v) is 4.87. The van der Waals surface area contributed by atoms with Gasteiger partial charge in [-0.1, -0.05) is 24.4 Å². The Morgan fingerprint density at radius 1 is 1.44 bits per heavy atom. The summed E-state index contributed by atoms with van der Waals surface area (Å²) in [5.74, 6) is 0. The van der Waals surface area contributed by atoms with Crippen LogP contribution in [0.1, 0.15) is 31.2 Å². The van der Waals surface area contributed by atoms with Crippen molar-refractivity contribution < 1.29 is 5.11 Å². The van der Waals surface area contributed by atoms with Gasteiger partial charge in [0.05, 0.1) is 11.6 Å². The van der Waals surface area contributed by atoms with E-state index in [1.165, 1.54) is 12.8 Å². The molecule has 3 nitrogen and oxygen atoms in total. The van der Waals surface area contributed by atoms with Crippen molar-refractivity contribution in [1.82, 2.24) is 10.3 Å². The maximum absolute atomic E-state index is 9.46. The fourth-order valence-electron chi connectivity index (χ4n) is 2.27. The van der Waals surface area contributed by atoms with Crippen molar-refractivity contribution in [1.29, 1.82) is 0 Å². The van der Waals surface area contributed by atoms with E-state index < -0.39 is 0 Å². The second-order valence-electron chi connectivity index (χ2n) is 4.47. The molecular formula is C12H17ClN2O. The minimum absolute atomic E-state index is 0.0907. The predicted octanol–water partition coefficient (Wildman–Crippen LogP) is 2.13. The van der Waals surface area contributed by atoms with Gasteiger partial charge in [-0.2, -0.15) is 0 Å². The van der Waals surface area contributed by atoms with Gasteiger partial charge in [0.2, 0.25) is 0 Å². The molecule has 0 aromatic carbocycles. The number of aliphatic hydroxyl groups is 1. The monoisotopic (exact) mass is 240 g/mol. The Balaban J connectivity index is 1.98. The van der Waals surface area contributed by atoms with Crippen LogP contribution >= 0.6 is 11.6 Å². The number of aromatic nitrogens is 1. The molecule has 16 heavy (non-hydrogen) atoms. The first-order chi connectivity index (χ1) is 7.76. The minimum atomic E-state index is -0.0907. The molecule has 1 heterocycles. The van der Waals surface area contributed by atoms with E-state index in [0.29, 0.717) is 11.6 Å². The fourth-order valence-corrected chi connectivity index (χ4v) is 2.46. The Labute approximate surface area is 101 Å². The van der Waals surface area contributed by atoms with Gasteiger partial charge >= 0.3 is 0 Å². The number of aliphatic hydroxyl groups excluding tert-OH is 1. The van der Waals surface area contributed by atoms with Gasteiger partial charge in [0.25, 0.3) is 0 Å². The zero-order valence-corrected chi connectivity index (χ0v) is 10.0. The zero-order chi connectivity index (χ0) is 11.4. The second kappa shape index (κ2) is 5.13. The van der Waals surface area contributed by atoms with E-state index in [1.807, 2.05) is 6.07 Å². The highest BCUT2D eigenvalue weighted by Crippen LogP contribution is 2.29. The number of halogens is 1. The van der Waals surface area contributed by atoms with E-state index in [1.54, 1.807) is 12.4 Å². The number of rotatable bonds is 4. The van der Waals surface area contributed by atoms with Gasteiger partial charge < -0.3 is 10.4 Å². The lowest BCUT2D eigenvalue weighted by atomic mass is 9.98. The van der Waals surface area contributed by atoms with Gasteiger partial charge in [0.15, 0.2) is 0 Å². The average molecular weight is 241 g/mol. The minimum Gasteiger partial charge on any atom is -0.394 e. The van der Waals surface area contributed by atoms with Crippen LogP contribution in [-0.2, 0) is 6.54 Å². The van der Waals surface area contributed by atoms with E-state index >= 15 is 0 Å². The summed E-state index contributed by atoms with van der Waals surface area (Å²) >= 11 is 6.03. The molecule has 0 unspecified atom stereocenters. The molecule has 0 spiro atoms. The Kier molecular flexibility index (Phi) is 3.79. The molecule has 2 N–H and O–H groups in total. The Bertz CT molecular complexity index is 351. The molecule has 88 valence electrons. The topological polar surface area (TPSA) is 45.1 Å². The van der Waals surface area contributed by atoms with E-state index in [-0.39, 0.29) is 12.1 Å². The van der Waals surface area contributed by atoms with Crippen LogP contribution in [0.3, 0.4) is 0 Å². The smallest absolute Gasteiger partial charge is 0.0634 e. The van der Waals surface area contributed by atoms with Crippen LogP contribution < -0.4 is 5.32 Å². The lowest BCUT2D eigenvalue weighted by Gasteiger charge is -2.28. The van der Waals surface area contributed by atoms with Gasteiger partial charge in [-0.15, -0.1) is 0 Å². The maximum atomic E-state index is 9.46. The number of pyridine rings is 1. The van der Waals surface area contributed by atoms with Gasteiger partial charge in [-0.3, -0.25) is 4.98 Å². The molecule has 1 aliphatic carbocycles. The standard InChI is InChI=1S/C12H17ClN2O/c13-11-8-14-6-3-10(11)7-15-12(9-16)4-1-2-5-12/h3,6,8,15-16H,1-2,4-5,7,9H2. The summed E-state index contributed by atoms with van der Waals surface area (Å²) in [4.78, 5) is 3.95. The first kappa shape index (κ1) is 11.8. The van der Waals surface area contributed by atoms with Gasteiger partial charge in [0, 0.05) is 24.5 Å². The van der Waals surface area contributed by atoms with Crippen molar-refractivity contribution in [2.75, 3.05) is 6.61 Å². The summed E-state index contributed by atoms with van der Waals surface area (Å²) in [6.07, 6.45) is 7.87. The van der Waals surface area contributed by atoms with Crippen molar-refractivity contribution in [3.63, 3.8) is 0 Å². The molecule has 0 atom stereocenters. The Morgan fingerprint density at radius 3 is 2.81 bits per heavy atom. The van der Waals surface area contributed by atoms with Gasteiger partial charge in [0.1, 0.15) is 0 Å². The molecule has 1 aromatic heterocycles. The lowest BCUT2D eigenvalue weighted by molar-refractivity contribution is 0.163. The summed E-state index contributed by atoms with van der Waals surface area (Å²) in [7, 11) is 0. The fraction of sp³-hybridized carbons (Fsp3) is 0.583. The molecule has 1 saturated carbocycles. The molecule has 2 rings (SSSR count). The quantitative estimate of drug-likeness (QED) is 0.848. The number of hydrogen-bond donors (Lipinski definition) is 2. The van der Waals surface area contributed by atoms with Crippen molar-refractivity contribution in [2.45, 2.75) is 37.8 Å². The third-order valence-corrected chi connectivity index (χ3v) is 3.71. The molecule has 0 radical (unpaired) electrons.